The lowest BCUT2D eigenvalue weighted by molar-refractivity contribution is -0.151. The van der Waals surface area contributed by atoms with Gasteiger partial charge < -0.3 is 31.5 Å². The number of carboxylic acid groups (broad SMARTS) is 1. The topological polar surface area (TPSA) is 136 Å². The third-order valence-electron chi connectivity index (χ3n) is 10.8. The molecule has 7 nitrogen and oxygen atoms in total. The molecule has 3 aliphatic carbocycles. The molecule has 0 saturated heterocycles. The number of aliphatic hydroxyl groups is 3. The second kappa shape index (κ2) is 15.1. The van der Waals surface area contributed by atoms with Crippen molar-refractivity contribution in [1.82, 2.24) is 5.32 Å². The smallest absolute Gasteiger partial charge is 0.309 e. The predicted octanol–water partition coefficient (Wildman–Crippen LogP) is 5.41. The van der Waals surface area contributed by atoms with Gasteiger partial charge >= 0.3 is 5.97 Å². The first-order valence-electron chi connectivity index (χ1n) is 16.6. The van der Waals surface area contributed by atoms with E-state index in [2.05, 4.69) is 30.5 Å². The number of rotatable bonds is 15. The van der Waals surface area contributed by atoms with Crippen molar-refractivity contribution in [1.29, 1.82) is 0 Å². The molecule has 0 radical (unpaired) electrons. The van der Waals surface area contributed by atoms with E-state index < -0.39 is 23.6 Å². The summed E-state index contributed by atoms with van der Waals surface area (Å²) in [7, 11) is 0. The monoisotopic (exact) mass is 572 g/mol. The van der Waals surface area contributed by atoms with Crippen LogP contribution in [0.2, 0.25) is 0 Å². The highest BCUT2D eigenvalue weighted by molar-refractivity contribution is 5.70. The molecule has 0 spiro atoms. The van der Waals surface area contributed by atoms with Gasteiger partial charge in [0.05, 0.1) is 29.5 Å². The molecule has 7 N–H and O–H groups in total. The number of hydrogen-bond donors (Lipinski definition) is 6. The minimum atomic E-state index is -0.933. The zero-order valence-electron chi connectivity index (χ0n) is 25.2. The van der Waals surface area contributed by atoms with E-state index in [0.717, 1.165) is 77.2 Å². The Bertz CT molecular complexity index is 947. The zero-order chi connectivity index (χ0) is 29.4. The Kier molecular flexibility index (Phi) is 11.8. The number of nitrogens with two attached hydrogens (primary N) is 1. The molecule has 1 heterocycles. The summed E-state index contributed by atoms with van der Waals surface area (Å²) in [5, 5.41) is 46.5. The van der Waals surface area contributed by atoms with Gasteiger partial charge in [-0.2, -0.15) is 0 Å². The first-order valence-corrected chi connectivity index (χ1v) is 16.6. The van der Waals surface area contributed by atoms with Crippen LogP contribution in [0.4, 0.5) is 0 Å². The van der Waals surface area contributed by atoms with Crippen LogP contribution in [0.5, 0.6) is 0 Å². The highest BCUT2D eigenvalue weighted by Crippen LogP contribution is 2.53. The Morgan fingerprint density at radius 1 is 1.12 bits per heavy atom. The lowest BCUT2D eigenvalue weighted by atomic mass is 9.66. The molecule has 0 bridgehead atoms. The van der Waals surface area contributed by atoms with Crippen LogP contribution in [0.1, 0.15) is 110 Å². The Hall–Kier alpha value is -1.83. The van der Waals surface area contributed by atoms with Crippen molar-refractivity contribution in [3.8, 4) is 0 Å². The van der Waals surface area contributed by atoms with Gasteiger partial charge in [0.15, 0.2) is 0 Å². The van der Waals surface area contributed by atoms with E-state index in [1.54, 1.807) is 0 Å². The van der Waals surface area contributed by atoms with Crippen molar-refractivity contribution in [2.45, 2.75) is 127 Å². The van der Waals surface area contributed by atoms with E-state index in [-0.39, 0.29) is 23.9 Å². The maximum atomic E-state index is 12.2. The molecule has 232 valence electrons. The number of dihydropyridines is 1. The van der Waals surface area contributed by atoms with E-state index in [1.807, 2.05) is 6.08 Å². The van der Waals surface area contributed by atoms with E-state index in [9.17, 15) is 25.2 Å². The number of carbonyl (C=O) groups is 1. The Morgan fingerprint density at radius 2 is 1.93 bits per heavy atom. The maximum absolute atomic E-state index is 12.2. The summed E-state index contributed by atoms with van der Waals surface area (Å²) in [6.45, 7) is 2.95. The van der Waals surface area contributed by atoms with Crippen molar-refractivity contribution < 1.29 is 25.2 Å². The molecule has 0 amide bonds. The summed E-state index contributed by atoms with van der Waals surface area (Å²) in [5.74, 6) is 0.0598. The fourth-order valence-electron chi connectivity index (χ4n) is 8.40. The molecular formula is C34H56N2O5. The van der Waals surface area contributed by atoms with Crippen molar-refractivity contribution in [3.63, 3.8) is 0 Å². The molecular weight excluding hydrogens is 516 g/mol. The third kappa shape index (κ3) is 8.61. The molecule has 41 heavy (non-hydrogen) atoms. The van der Waals surface area contributed by atoms with Crippen LogP contribution in [0.15, 0.2) is 35.7 Å². The maximum Gasteiger partial charge on any atom is 0.309 e. The Morgan fingerprint density at radius 3 is 2.66 bits per heavy atom. The number of aliphatic carboxylic acids is 1. The molecule has 9 atom stereocenters. The summed E-state index contributed by atoms with van der Waals surface area (Å²) in [6.07, 6.45) is 21.8. The van der Waals surface area contributed by atoms with Crippen molar-refractivity contribution in [2.24, 2.45) is 41.2 Å². The fraction of sp³-hybridized carbons (Fsp3) is 0.794. The first-order chi connectivity index (χ1) is 19.7. The standard InChI is InChI=1S/C34H56N2O5/c1-2-3-5-8-23-11-12-25(30(37)20-23)9-6-4-7-10-28(33(39)40)32(38)27-13-14-29-26(15-17-34(29,41)22-27)19-24-16-18-36-31(35)21-24/h11-12,16,21,23,25-30,32,36-38,41H,2-10,13-15,17-20,22,35H2,1H3,(H,39,40). The molecule has 9 unspecified atom stereocenters. The van der Waals surface area contributed by atoms with Gasteiger partial charge in [-0.1, -0.05) is 63.7 Å². The fourth-order valence-corrected chi connectivity index (χ4v) is 8.40. The van der Waals surface area contributed by atoms with Crippen molar-refractivity contribution >= 4 is 5.97 Å². The summed E-state index contributed by atoms with van der Waals surface area (Å²) >= 11 is 0. The van der Waals surface area contributed by atoms with Gasteiger partial charge in [0, 0.05) is 12.5 Å². The van der Waals surface area contributed by atoms with Crippen molar-refractivity contribution in [2.75, 3.05) is 6.54 Å². The van der Waals surface area contributed by atoms with Gasteiger partial charge in [-0.25, -0.2) is 0 Å². The van der Waals surface area contributed by atoms with Gasteiger partial charge in [-0.3, -0.25) is 4.79 Å². The summed E-state index contributed by atoms with van der Waals surface area (Å²) in [4.78, 5) is 12.2. The van der Waals surface area contributed by atoms with Gasteiger partial charge in [0.25, 0.3) is 0 Å². The van der Waals surface area contributed by atoms with Crippen LogP contribution in [0.3, 0.4) is 0 Å². The van der Waals surface area contributed by atoms with Crippen LogP contribution in [0.25, 0.3) is 0 Å². The number of carboxylic acids is 1. The SMILES string of the molecule is CCCCCC1C=CC(CCCCCC(C(=O)O)C(O)C2CCC3C(CC4=CCNC(N)=C4)CCC3(O)C2)C(O)C1. The number of aliphatic hydroxyl groups excluding tert-OH is 2. The average Bonchev–Trinajstić information content (AvgIpc) is 3.26. The number of fused-ring (bicyclic) bond motifs is 1. The third-order valence-corrected chi connectivity index (χ3v) is 10.8. The lowest BCUT2D eigenvalue weighted by Gasteiger charge is -2.43. The second-order valence-electron chi connectivity index (χ2n) is 13.7. The van der Waals surface area contributed by atoms with E-state index >= 15 is 0 Å². The largest absolute Gasteiger partial charge is 0.481 e. The second-order valence-corrected chi connectivity index (χ2v) is 13.7. The highest BCUT2D eigenvalue weighted by atomic mass is 16.4. The van der Waals surface area contributed by atoms with E-state index in [1.165, 1.54) is 24.8 Å². The van der Waals surface area contributed by atoms with E-state index in [4.69, 9.17) is 5.73 Å². The van der Waals surface area contributed by atoms with Gasteiger partial charge in [0.2, 0.25) is 0 Å². The number of hydrogen-bond acceptors (Lipinski definition) is 6. The van der Waals surface area contributed by atoms with Crippen LogP contribution in [-0.2, 0) is 4.79 Å². The molecule has 1 aliphatic heterocycles. The van der Waals surface area contributed by atoms with E-state index in [0.29, 0.717) is 30.5 Å². The molecule has 2 fully saturated rings. The van der Waals surface area contributed by atoms with Gasteiger partial charge in [0.1, 0.15) is 0 Å². The normalized spacial score (nSPS) is 34.7. The number of unbranched alkanes of at least 4 members (excludes halogenated alkanes) is 4. The molecule has 0 aromatic heterocycles. The van der Waals surface area contributed by atoms with Crippen LogP contribution < -0.4 is 11.1 Å². The highest BCUT2D eigenvalue weighted by Gasteiger charge is 2.52. The van der Waals surface area contributed by atoms with Crippen LogP contribution in [-0.4, -0.2) is 50.7 Å². The number of nitrogens with one attached hydrogen (secondary N) is 1. The summed E-state index contributed by atoms with van der Waals surface area (Å²) in [5.41, 5.74) is 6.36. The minimum Gasteiger partial charge on any atom is -0.481 e. The lowest BCUT2D eigenvalue weighted by Crippen LogP contribution is -2.46. The minimum absolute atomic E-state index is 0.183. The Balaban J connectivity index is 1.20. The Labute approximate surface area is 247 Å². The van der Waals surface area contributed by atoms with Crippen LogP contribution in [0, 0.1) is 35.5 Å². The average molecular weight is 573 g/mol. The van der Waals surface area contributed by atoms with Crippen LogP contribution >= 0.6 is 0 Å². The summed E-state index contributed by atoms with van der Waals surface area (Å²) < 4.78 is 0. The molecule has 2 saturated carbocycles. The van der Waals surface area contributed by atoms with Gasteiger partial charge in [-0.15, -0.1) is 0 Å². The molecule has 0 aromatic rings. The molecule has 7 heteroatoms. The number of allylic oxidation sites excluding steroid dienone is 3. The first kappa shape index (κ1) is 32.1. The summed E-state index contributed by atoms with van der Waals surface area (Å²) in [6, 6.07) is 0. The van der Waals surface area contributed by atoms with Crippen molar-refractivity contribution in [3.05, 3.63) is 35.7 Å². The van der Waals surface area contributed by atoms with Gasteiger partial charge in [-0.05, 0) is 99.5 Å². The quantitative estimate of drug-likeness (QED) is 0.114. The molecule has 4 aliphatic rings. The predicted molar refractivity (Wildman–Crippen MR) is 163 cm³/mol. The molecule has 0 aromatic carbocycles. The zero-order valence-corrected chi connectivity index (χ0v) is 25.2. The molecule has 4 rings (SSSR count).